The van der Waals surface area contributed by atoms with Crippen LogP contribution in [0.5, 0.6) is 0 Å². The minimum absolute atomic E-state index is 0.116. The monoisotopic (exact) mass is 353 g/mol. The van der Waals surface area contributed by atoms with Gasteiger partial charge in [0, 0.05) is 12.2 Å². The summed E-state index contributed by atoms with van der Waals surface area (Å²) < 4.78 is 4.80. The first-order valence-corrected chi connectivity index (χ1v) is 8.87. The van der Waals surface area contributed by atoms with Gasteiger partial charge in [-0.25, -0.2) is 4.79 Å². The number of nitrogens with one attached hydrogen (secondary N) is 2. The fraction of sp³-hybridized carbons (Fsp3) is 0.350. The molecule has 1 aromatic carbocycles. The molecule has 1 saturated carbocycles. The number of carbonyl (C=O) groups excluding carboxylic acids is 2. The minimum Gasteiger partial charge on any atom is -0.465 e. The standard InChI is InChI=1S/C20H23N3O3/c1-26-20(25)17-9-5-6-10-18(17)22-16-11-14(12-21-13-16)19(24)23-15-7-3-2-4-8-15/h5-6,9-13,15,22H,2-4,7-8H2,1H3,(H,23,24). The number of pyridine rings is 1. The van der Waals surface area contributed by atoms with E-state index >= 15 is 0 Å². The molecule has 0 bridgehead atoms. The van der Waals surface area contributed by atoms with E-state index in [-0.39, 0.29) is 11.9 Å². The first-order chi connectivity index (χ1) is 12.7. The Labute approximate surface area is 153 Å². The zero-order valence-corrected chi connectivity index (χ0v) is 14.8. The minimum atomic E-state index is -0.424. The first kappa shape index (κ1) is 17.9. The molecule has 2 aromatic rings. The van der Waals surface area contributed by atoms with Gasteiger partial charge in [-0.2, -0.15) is 0 Å². The van der Waals surface area contributed by atoms with E-state index in [1.165, 1.54) is 13.5 Å². The summed E-state index contributed by atoms with van der Waals surface area (Å²) in [6.45, 7) is 0. The van der Waals surface area contributed by atoms with E-state index in [9.17, 15) is 9.59 Å². The number of rotatable bonds is 5. The summed E-state index contributed by atoms with van der Waals surface area (Å²) >= 11 is 0. The third-order valence-electron chi connectivity index (χ3n) is 4.55. The fourth-order valence-corrected chi connectivity index (χ4v) is 3.18. The fourth-order valence-electron chi connectivity index (χ4n) is 3.18. The van der Waals surface area contributed by atoms with Gasteiger partial charge in [-0.1, -0.05) is 31.4 Å². The number of nitrogens with zero attached hydrogens (tertiary/aromatic N) is 1. The summed E-state index contributed by atoms with van der Waals surface area (Å²) in [6.07, 6.45) is 8.80. The number of anilines is 2. The number of ether oxygens (including phenoxy) is 1. The van der Waals surface area contributed by atoms with Crippen LogP contribution in [0.15, 0.2) is 42.7 Å². The van der Waals surface area contributed by atoms with Crippen LogP contribution in [0.2, 0.25) is 0 Å². The van der Waals surface area contributed by atoms with Gasteiger partial charge in [-0.15, -0.1) is 0 Å². The highest BCUT2D eigenvalue weighted by Crippen LogP contribution is 2.22. The summed E-state index contributed by atoms with van der Waals surface area (Å²) in [5.74, 6) is -0.540. The highest BCUT2D eigenvalue weighted by atomic mass is 16.5. The van der Waals surface area contributed by atoms with Crippen molar-refractivity contribution in [2.45, 2.75) is 38.1 Å². The second-order valence-electron chi connectivity index (χ2n) is 6.43. The smallest absolute Gasteiger partial charge is 0.339 e. The molecule has 3 rings (SSSR count). The van der Waals surface area contributed by atoms with Gasteiger partial charge in [0.25, 0.3) is 5.91 Å². The van der Waals surface area contributed by atoms with E-state index in [2.05, 4.69) is 15.6 Å². The lowest BCUT2D eigenvalue weighted by Crippen LogP contribution is -2.36. The third-order valence-corrected chi connectivity index (χ3v) is 4.55. The van der Waals surface area contributed by atoms with E-state index in [1.807, 2.05) is 6.07 Å². The van der Waals surface area contributed by atoms with Crippen LogP contribution < -0.4 is 10.6 Å². The van der Waals surface area contributed by atoms with E-state index < -0.39 is 5.97 Å². The Bertz CT molecular complexity index is 785. The Morgan fingerprint density at radius 1 is 1.12 bits per heavy atom. The Balaban J connectivity index is 1.73. The van der Waals surface area contributed by atoms with Crippen molar-refractivity contribution in [2.24, 2.45) is 0 Å². The van der Waals surface area contributed by atoms with Crippen molar-refractivity contribution in [1.29, 1.82) is 0 Å². The quantitative estimate of drug-likeness (QED) is 0.802. The summed E-state index contributed by atoms with van der Waals surface area (Å²) in [4.78, 5) is 28.5. The summed E-state index contributed by atoms with van der Waals surface area (Å²) in [6, 6.07) is 9.03. The molecule has 1 heterocycles. The highest BCUT2D eigenvalue weighted by molar-refractivity contribution is 5.97. The van der Waals surface area contributed by atoms with Gasteiger partial charge in [-0.3, -0.25) is 9.78 Å². The molecule has 1 fully saturated rings. The second-order valence-corrected chi connectivity index (χ2v) is 6.43. The topological polar surface area (TPSA) is 80.3 Å². The zero-order chi connectivity index (χ0) is 18.4. The second kappa shape index (κ2) is 8.47. The molecule has 1 amide bonds. The molecule has 6 heteroatoms. The highest BCUT2D eigenvalue weighted by Gasteiger charge is 2.17. The summed E-state index contributed by atoms with van der Waals surface area (Å²) in [5.41, 5.74) is 2.16. The van der Waals surface area contributed by atoms with Crippen LogP contribution in [-0.2, 0) is 4.74 Å². The van der Waals surface area contributed by atoms with Crippen LogP contribution in [-0.4, -0.2) is 30.0 Å². The summed E-state index contributed by atoms with van der Waals surface area (Å²) in [7, 11) is 1.34. The van der Waals surface area contributed by atoms with Crippen molar-refractivity contribution in [3.05, 3.63) is 53.9 Å². The molecule has 0 atom stereocenters. The number of para-hydroxylation sites is 1. The van der Waals surface area contributed by atoms with Crippen LogP contribution in [0, 0.1) is 0 Å². The molecule has 1 aromatic heterocycles. The average molecular weight is 353 g/mol. The van der Waals surface area contributed by atoms with Crippen LogP contribution in [0.3, 0.4) is 0 Å². The maximum absolute atomic E-state index is 12.5. The maximum Gasteiger partial charge on any atom is 0.339 e. The molecule has 2 N–H and O–H groups in total. The van der Waals surface area contributed by atoms with Gasteiger partial charge in [0.15, 0.2) is 0 Å². The SMILES string of the molecule is COC(=O)c1ccccc1Nc1cncc(C(=O)NC2CCCCC2)c1. The lowest BCUT2D eigenvalue weighted by molar-refractivity contribution is 0.0601. The molecule has 0 spiro atoms. The molecule has 0 saturated heterocycles. The Morgan fingerprint density at radius 3 is 2.65 bits per heavy atom. The molecule has 0 aliphatic heterocycles. The predicted octanol–water partition coefficient (Wildman–Crippen LogP) is 3.67. The van der Waals surface area contributed by atoms with Crippen molar-refractivity contribution >= 4 is 23.3 Å². The molecule has 1 aliphatic carbocycles. The summed E-state index contributed by atoms with van der Waals surface area (Å²) in [5, 5.41) is 6.23. The van der Waals surface area contributed by atoms with Crippen molar-refractivity contribution in [2.75, 3.05) is 12.4 Å². The largest absolute Gasteiger partial charge is 0.465 e. The molecule has 26 heavy (non-hydrogen) atoms. The van der Waals surface area contributed by atoms with Crippen LogP contribution in [0.25, 0.3) is 0 Å². The third kappa shape index (κ3) is 4.39. The van der Waals surface area contributed by atoms with Gasteiger partial charge >= 0.3 is 5.97 Å². The molecule has 6 nitrogen and oxygen atoms in total. The zero-order valence-electron chi connectivity index (χ0n) is 14.8. The molecule has 1 aliphatic rings. The van der Waals surface area contributed by atoms with Crippen LogP contribution in [0.4, 0.5) is 11.4 Å². The van der Waals surface area contributed by atoms with Crippen molar-refractivity contribution in [3.63, 3.8) is 0 Å². The lowest BCUT2D eigenvalue weighted by atomic mass is 9.95. The average Bonchev–Trinajstić information content (AvgIpc) is 2.69. The van der Waals surface area contributed by atoms with Gasteiger partial charge in [0.2, 0.25) is 0 Å². The maximum atomic E-state index is 12.5. The van der Waals surface area contributed by atoms with E-state index in [0.717, 1.165) is 25.7 Å². The number of aromatic nitrogens is 1. The number of methoxy groups -OCH3 is 1. The number of hydrogen-bond acceptors (Lipinski definition) is 5. The normalized spacial score (nSPS) is 14.5. The number of carbonyl (C=O) groups is 2. The predicted molar refractivity (Wildman–Crippen MR) is 99.6 cm³/mol. The van der Waals surface area contributed by atoms with Crippen molar-refractivity contribution in [1.82, 2.24) is 10.3 Å². The van der Waals surface area contributed by atoms with Gasteiger partial charge in [0.1, 0.15) is 0 Å². The Kier molecular flexibility index (Phi) is 5.84. The van der Waals surface area contributed by atoms with Gasteiger partial charge in [0.05, 0.1) is 35.8 Å². The first-order valence-electron chi connectivity index (χ1n) is 8.87. The van der Waals surface area contributed by atoms with Crippen molar-refractivity contribution < 1.29 is 14.3 Å². The molecule has 0 radical (unpaired) electrons. The molecule has 0 unspecified atom stereocenters. The molecular formula is C20H23N3O3. The number of amides is 1. The number of benzene rings is 1. The molecule has 136 valence electrons. The van der Waals surface area contributed by atoms with Crippen LogP contribution >= 0.6 is 0 Å². The Hall–Kier alpha value is -2.89. The number of hydrogen-bond donors (Lipinski definition) is 2. The Morgan fingerprint density at radius 2 is 1.88 bits per heavy atom. The van der Waals surface area contributed by atoms with E-state index in [4.69, 9.17) is 4.74 Å². The molecular weight excluding hydrogens is 330 g/mol. The van der Waals surface area contributed by atoms with Gasteiger partial charge < -0.3 is 15.4 Å². The van der Waals surface area contributed by atoms with Crippen LogP contribution in [0.1, 0.15) is 52.8 Å². The van der Waals surface area contributed by atoms with E-state index in [0.29, 0.717) is 22.5 Å². The van der Waals surface area contributed by atoms with E-state index in [1.54, 1.807) is 36.7 Å². The van der Waals surface area contributed by atoms with Gasteiger partial charge in [-0.05, 0) is 31.0 Å². The lowest BCUT2D eigenvalue weighted by Gasteiger charge is -2.22. The number of esters is 1. The van der Waals surface area contributed by atoms with Crippen molar-refractivity contribution in [3.8, 4) is 0 Å².